The highest BCUT2D eigenvalue weighted by Gasteiger charge is 2.18. The standard InChI is InChI=1S/C58H38N2O/c1-2-17-47-41(13-1)14-12-22-48(47)43-15-11-16-45(37-43)59(46-35-36-58-53(38-46)52-21-6-10-26-57(52)61-58)44-33-31-40(32-34-44)39-27-29-42(30-28-39)49-18-3-7-23-54(49)60-55-24-8-4-19-50(55)51-20-5-9-25-56(51)60/h1-38H. The van der Waals surface area contributed by atoms with E-state index in [0.29, 0.717) is 0 Å². The van der Waals surface area contributed by atoms with E-state index in [4.69, 9.17) is 4.42 Å². The first-order valence-corrected chi connectivity index (χ1v) is 20.8. The molecule has 2 heterocycles. The minimum Gasteiger partial charge on any atom is -0.456 e. The van der Waals surface area contributed by atoms with Crippen molar-refractivity contribution in [3.8, 4) is 39.1 Å². The predicted octanol–water partition coefficient (Wildman–Crippen LogP) is 16.3. The normalized spacial score (nSPS) is 11.6. The average molecular weight is 779 g/mol. The van der Waals surface area contributed by atoms with Crippen LogP contribution in [0, 0.1) is 0 Å². The van der Waals surface area contributed by atoms with Crippen molar-refractivity contribution in [3.63, 3.8) is 0 Å². The molecule has 12 rings (SSSR count). The monoisotopic (exact) mass is 778 g/mol. The molecule has 0 spiro atoms. The minimum atomic E-state index is 0.880. The SMILES string of the molecule is c1cc(-c2cccc3ccccc23)cc(N(c2ccc(-c3ccc(-c4ccccc4-n4c5ccccc5c5ccccc54)cc3)cc2)c2ccc3oc4ccccc4c3c2)c1. The lowest BCUT2D eigenvalue weighted by Gasteiger charge is -2.26. The Bertz CT molecular complexity index is 3530. The lowest BCUT2D eigenvalue weighted by atomic mass is 9.97. The minimum absolute atomic E-state index is 0.880. The zero-order chi connectivity index (χ0) is 40.3. The van der Waals surface area contributed by atoms with Crippen molar-refractivity contribution < 1.29 is 4.42 Å². The Morgan fingerprint density at radius 1 is 0.311 bits per heavy atom. The molecule has 0 amide bonds. The molecule has 286 valence electrons. The van der Waals surface area contributed by atoms with E-state index >= 15 is 0 Å². The van der Waals surface area contributed by atoms with E-state index in [1.807, 2.05) is 12.1 Å². The van der Waals surface area contributed by atoms with Crippen LogP contribution >= 0.6 is 0 Å². The first kappa shape index (κ1) is 34.9. The Morgan fingerprint density at radius 3 is 1.64 bits per heavy atom. The van der Waals surface area contributed by atoms with E-state index in [1.54, 1.807) is 0 Å². The van der Waals surface area contributed by atoms with Gasteiger partial charge in [-0.3, -0.25) is 0 Å². The molecule has 2 aromatic heterocycles. The van der Waals surface area contributed by atoms with Crippen LogP contribution in [0.25, 0.3) is 93.6 Å². The number of hydrogen-bond donors (Lipinski definition) is 0. The molecule has 0 saturated heterocycles. The molecule has 0 aliphatic carbocycles. The highest BCUT2D eigenvalue weighted by atomic mass is 16.3. The van der Waals surface area contributed by atoms with Gasteiger partial charge in [0.25, 0.3) is 0 Å². The molecule has 0 radical (unpaired) electrons. The number of benzene rings is 10. The maximum Gasteiger partial charge on any atom is 0.135 e. The predicted molar refractivity (Wildman–Crippen MR) is 257 cm³/mol. The quantitative estimate of drug-likeness (QED) is 0.161. The number of furan rings is 1. The first-order valence-electron chi connectivity index (χ1n) is 20.8. The fraction of sp³-hybridized carbons (Fsp3) is 0. The van der Waals surface area contributed by atoms with Crippen LogP contribution < -0.4 is 4.90 Å². The van der Waals surface area contributed by atoms with Crippen LogP contribution in [0.3, 0.4) is 0 Å². The van der Waals surface area contributed by atoms with Crippen LogP contribution in [0.1, 0.15) is 0 Å². The summed E-state index contributed by atoms with van der Waals surface area (Å²) < 4.78 is 8.66. The van der Waals surface area contributed by atoms with E-state index in [1.165, 1.54) is 66.1 Å². The van der Waals surface area contributed by atoms with E-state index in [0.717, 1.165) is 44.6 Å². The second-order valence-electron chi connectivity index (χ2n) is 15.7. The molecule has 3 nitrogen and oxygen atoms in total. The maximum atomic E-state index is 6.26. The Balaban J connectivity index is 0.928. The summed E-state index contributed by atoms with van der Waals surface area (Å²) in [6.45, 7) is 0. The number of anilines is 3. The number of rotatable bonds is 7. The molecular weight excluding hydrogens is 741 g/mol. The second-order valence-corrected chi connectivity index (χ2v) is 15.7. The van der Waals surface area contributed by atoms with Gasteiger partial charge in [0.1, 0.15) is 11.2 Å². The Hall–Kier alpha value is -8.14. The zero-order valence-electron chi connectivity index (χ0n) is 33.2. The topological polar surface area (TPSA) is 21.3 Å². The van der Waals surface area contributed by atoms with Crippen molar-refractivity contribution in [2.45, 2.75) is 0 Å². The largest absolute Gasteiger partial charge is 0.456 e. The van der Waals surface area contributed by atoms with Crippen molar-refractivity contribution in [1.82, 2.24) is 4.57 Å². The van der Waals surface area contributed by atoms with Gasteiger partial charge in [-0.15, -0.1) is 0 Å². The molecule has 0 N–H and O–H groups in total. The molecule has 61 heavy (non-hydrogen) atoms. The Labute approximate surface area is 353 Å². The number of hydrogen-bond acceptors (Lipinski definition) is 2. The van der Waals surface area contributed by atoms with Gasteiger partial charge in [-0.1, -0.05) is 164 Å². The molecule has 3 heteroatoms. The van der Waals surface area contributed by atoms with Gasteiger partial charge in [-0.2, -0.15) is 0 Å². The third-order valence-corrected chi connectivity index (χ3v) is 12.2. The van der Waals surface area contributed by atoms with Crippen molar-refractivity contribution in [2.75, 3.05) is 4.90 Å². The summed E-state index contributed by atoms with van der Waals surface area (Å²) in [5.41, 5.74) is 15.7. The van der Waals surface area contributed by atoms with Crippen molar-refractivity contribution in [1.29, 1.82) is 0 Å². The molecule has 0 fully saturated rings. The molecule has 10 aromatic carbocycles. The van der Waals surface area contributed by atoms with Gasteiger partial charge >= 0.3 is 0 Å². The summed E-state index contributed by atoms with van der Waals surface area (Å²) in [5.74, 6) is 0. The lowest BCUT2D eigenvalue weighted by molar-refractivity contribution is 0.669. The zero-order valence-corrected chi connectivity index (χ0v) is 33.2. The Kier molecular flexibility index (Phi) is 8.17. The second kappa shape index (κ2) is 14.3. The van der Waals surface area contributed by atoms with Gasteiger partial charge in [-0.05, 0) is 105 Å². The average Bonchev–Trinajstić information content (AvgIpc) is 3.87. The Morgan fingerprint density at radius 2 is 0.852 bits per heavy atom. The number of fused-ring (bicyclic) bond motifs is 7. The molecule has 0 saturated carbocycles. The molecule has 0 aliphatic rings. The van der Waals surface area contributed by atoms with E-state index in [2.05, 4.69) is 228 Å². The maximum absolute atomic E-state index is 6.26. The summed E-state index contributed by atoms with van der Waals surface area (Å²) in [6.07, 6.45) is 0. The molecule has 12 aromatic rings. The van der Waals surface area contributed by atoms with Crippen molar-refractivity contribution in [2.24, 2.45) is 0 Å². The molecule has 0 aliphatic heterocycles. The number of para-hydroxylation sites is 4. The van der Waals surface area contributed by atoms with Crippen LogP contribution in [0.4, 0.5) is 17.1 Å². The van der Waals surface area contributed by atoms with Crippen LogP contribution in [-0.4, -0.2) is 4.57 Å². The lowest BCUT2D eigenvalue weighted by Crippen LogP contribution is -2.10. The summed E-state index contributed by atoms with van der Waals surface area (Å²) in [4.78, 5) is 2.36. The van der Waals surface area contributed by atoms with Crippen LogP contribution in [-0.2, 0) is 0 Å². The van der Waals surface area contributed by atoms with Crippen molar-refractivity contribution >= 4 is 71.6 Å². The van der Waals surface area contributed by atoms with Gasteiger partial charge in [0, 0.05) is 44.2 Å². The van der Waals surface area contributed by atoms with Crippen LogP contribution in [0.5, 0.6) is 0 Å². The summed E-state index contributed by atoms with van der Waals surface area (Å²) in [5, 5.41) is 7.21. The smallest absolute Gasteiger partial charge is 0.135 e. The van der Waals surface area contributed by atoms with E-state index < -0.39 is 0 Å². The summed E-state index contributed by atoms with van der Waals surface area (Å²) in [6, 6.07) is 82.9. The van der Waals surface area contributed by atoms with Crippen LogP contribution in [0.2, 0.25) is 0 Å². The molecule has 0 unspecified atom stereocenters. The summed E-state index contributed by atoms with van der Waals surface area (Å²) >= 11 is 0. The van der Waals surface area contributed by atoms with Gasteiger partial charge < -0.3 is 13.9 Å². The number of nitrogens with zero attached hydrogens (tertiary/aromatic N) is 2. The van der Waals surface area contributed by atoms with E-state index in [-0.39, 0.29) is 0 Å². The van der Waals surface area contributed by atoms with Crippen LogP contribution in [0.15, 0.2) is 235 Å². The molecule has 0 bridgehead atoms. The van der Waals surface area contributed by atoms with Crippen molar-refractivity contribution in [3.05, 3.63) is 231 Å². The van der Waals surface area contributed by atoms with Gasteiger partial charge in [0.2, 0.25) is 0 Å². The summed E-state index contributed by atoms with van der Waals surface area (Å²) in [7, 11) is 0. The highest BCUT2D eigenvalue weighted by Crippen LogP contribution is 2.42. The first-order chi connectivity index (χ1) is 30.2. The number of aromatic nitrogens is 1. The fourth-order valence-electron chi connectivity index (χ4n) is 9.33. The third-order valence-electron chi connectivity index (χ3n) is 12.2. The van der Waals surface area contributed by atoms with Gasteiger partial charge in [-0.25, -0.2) is 0 Å². The third kappa shape index (κ3) is 5.90. The van der Waals surface area contributed by atoms with Gasteiger partial charge in [0.05, 0.1) is 16.7 Å². The van der Waals surface area contributed by atoms with Gasteiger partial charge in [0.15, 0.2) is 0 Å². The highest BCUT2D eigenvalue weighted by molar-refractivity contribution is 6.10. The van der Waals surface area contributed by atoms with E-state index in [9.17, 15) is 0 Å². The molecular formula is C58H38N2O. The molecule has 0 atom stereocenters. The fourth-order valence-corrected chi connectivity index (χ4v) is 9.33.